The van der Waals surface area contributed by atoms with Crippen molar-refractivity contribution in [3.8, 4) is 0 Å². The van der Waals surface area contributed by atoms with Crippen LogP contribution in [0.3, 0.4) is 0 Å². The quantitative estimate of drug-likeness (QED) is 0.648. The zero-order valence-electron chi connectivity index (χ0n) is 9.83. The molecule has 0 N–H and O–H groups in total. The Bertz CT molecular complexity index is 435. The lowest BCUT2D eigenvalue weighted by Gasteiger charge is -2.45. The van der Waals surface area contributed by atoms with Crippen LogP contribution in [-0.4, -0.2) is 5.78 Å². The average Bonchev–Trinajstić information content (AvgIpc) is 2.28. The Kier molecular flexibility index (Phi) is 2.17. The predicted octanol–water partition coefficient (Wildman–Crippen LogP) is 3.26. The van der Waals surface area contributed by atoms with Gasteiger partial charge in [0.15, 0.2) is 0 Å². The third-order valence-corrected chi connectivity index (χ3v) is 4.63. The van der Waals surface area contributed by atoms with Gasteiger partial charge in [-0.3, -0.25) is 4.79 Å². The minimum Gasteiger partial charge on any atom is -0.300 e. The first-order valence-electron chi connectivity index (χ1n) is 6.30. The Balaban J connectivity index is 2.10. The summed E-state index contributed by atoms with van der Waals surface area (Å²) in [4.78, 5) is 11.7. The molecule has 0 spiro atoms. The van der Waals surface area contributed by atoms with E-state index in [4.69, 9.17) is 0 Å². The van der Waals surface area contributed by atoms with Gasteiger partial charge in [-0.25, -0.2) is 0 Å². The van der Waals surface area contributed by atoms with Crippen molar-refractivity contribution in [1.29, 1.82) is 0 Å². The lowest BCUT2D eigenvalue weighted by atomic mass is 9.58. The van der Waals surface area contributed by atoms with Gasteiger partial charge < -0.3 is 0 Å². The molecule has 0 aliphatic heterocycles. The molecule has 1 nitrogen and oxygen atoms in total. The van der Waals surface area contributed by atoms with E-state index in [-0.39, 0.29) is 5.41 Å². The van der Waals surface area contributed by atoms with Crippen LogP contribution in [0.1, 0.15) is 43.7 Å². The van der Waals surface area contributed by atoms with Crippen LogP contribution in [0.25, 0.3) is 0 Å². The van der Waals surface area contributed by atoms with Crippen LogP contribution < -0.4 is 0 Å². The Morgan fingerprint density at radius 3 is 2.81 bits per heavy atom. The van der Waals surface area contributed by atoms with E-state index in [0.717, 1.165) is 25.2 Å². The second kappa shape index (κ2) is 3.44. The van der Waals surface area contributed by atoms with Crippen molar-refractivity contribution in [3.05, 3.63) is 35.4 Å². The summed E-state index contributed by atoms with van der Waals surface area (Å²) in [5, 5.41) is 0. The highest BCUT2D eigenvalue weighted by Crippen LogP contribution is 2.48. The first-order valence-corrected chi connectivity index (χ1v) is 6.30. The Morgan fingerprint density at radius 2 is 1.94 bits per heavy atom. The molecule has 1 aromatic rings. The van der Waals surface area contributed by atoms with E-state index in [2.05, 4.69) is 31.2 Å². The molecule has 0 saturated heterocycles. The van der Waals surface area contributed by atoms with Crippen molar-refractivity contribution in [1.82, 2.24) is 0 Å². The lowest BCUT2D eigenvalue weighted by molar-refractivity contribution is -0.123. The van der Waals surface area contributed by atoms with Gasteiger partial charge >= 0.3 is 0 Å². The fourth-order valence-electron chi connectivity index (χ4n) is 3.70. The van der Waals surface area contributed by atoms with Gasteiger partial charge in [0.05, 0.1) is 0 Å². The summed E-state index contributed by atoms with van der Waals surface area (Å²) in [6, 6.07) is 8.70. The Hall–Kier alpha value is -1.11. The fraction of sp³-hybridized carbons (Fsp3) is 0.533. The Morgan fingerprint density at radius 1 is 1.19 bits per heavy atom. The van der Waals surface area contributed by atoms with Crippen molar-refractivity contribution in [2.45, 2.75) is 44.4 Å². The standard InChI is InChI=1S/C15H18O/c1-15-10-13(16)9-8-12(15)7-6-11-4-2-3-5-14(11)15/h2-5,12H,6-10H2,1H3/t12-,15+/m1/s1. The molecule has 1 saturated carbocycles. The highest BCUT2D eigenvalue weighted by molar-refractivity contribution is 5.81. The van der Waals surface area contributed by atoms with Crippen molar-refractivity contribution < 1.29 is 4.79 Å². The van der Waals surface area contributed by atoms with E-state index in [1.165, 1.54) is 24.0 Å². The summed E-state index contributed by atoms with van der Waals surface area (Å²) in [6.07, 6.45) is 5.13. The van der Waals surface area contributed by atoms with Crippen LogP contribution >= 0.6 is 0 Å². The molecular weight excluding hydrogens is 196 g/mol. The van der Waals surface area contributed by atoms with Gasteiger partial charge in [-0.1, -0.05) is 31.2 Å². The smallest absolute Gasteiger partial charge is 0.133 e. The second-order valence-corrected chi connectivity index (χ2v) is 5.56. The topological polar surface area (TPSA) is 17.1 Å². The number of carbonyl (C=O) groups excluding carboxylic acids is 1. The minimum atomic E-state index is 0.129. The summed E-state index contributed by atoms with van der Waals surface area (Å²) in [5.74, 6) is 1.18. The van der Waals surface area contributed by atoms with E-state index in [1.54, 1.807) is 0 Å². The normalized spacial score (nSPS) is 33.1. The number of carbonyl (C=O) groups is 1. The van der Waals surface area contributed by atoms with Crippen molar-refractivity contribution in [3.63, 3.8) is 0 Å². The average molecular weight is 214 g/mol. The van der Waals surface area contributed by atoms with E-state index < -0.39 is 0 Å². The molecule has 0 aromatic heterocycles. The third kappa shape index (κ3) is 1.34. The zero-order chi connectivity index (χ0) is 11.2. The molecule has 0 amide bonds. The number of ketones is 1. The molecule has 0 radical (unpaired) electrons. The maximum atomic E-state index is 11.7. The van der Waals surface area contributed by atoms with Crippen molar-refractivity contribution in [2.24, 2.45) is 5.92 Å². The number of rotatable bonds is 0. The van der Waals surface area contributed by atoms with E-state index in [0.29, 0.717) is 5.78 Å². The number of aryl methyl sites for hydroxylation is 1. The highest BCUT2D eigenvalue weighted by Gasteiger charge is 2.43. The van der Waals surface area contributed by atoms with Gasteiger partial charge in [0.25, 0.3) is 0 Å². The number of fused-ring (bicyclic) bond motifs is 3. The summed E-state index contributed by atoms with van der Waals surface area (Å²) in [5.41, 5.74) is 3.04. The van der Waals surface area contributed by atoms with E-state index >= 15 is 0 Å². The van der Waals surface area contributed by atoms with Crippen molar-refractivity contribution >= 4 is 5.78 Å². The van der Waals surface area contributed by atoms with Gasteiger partial charge in [0, 0.05) is 18.3 Å². The molecule has 16 heavy (non-hydrogen) atoms. The molecule has 2 aliphatic carbocycles. The summed E-state index contributed by atoms with van der Waals surface area (Å²) in [7, 11) is 0. The number of hydrogen-bond donors (Lipinski definition) is 0. The van der Waals surface area contributed by atoms with Crippen molar-refractivity contribution in [2.75, 3.05) is 0 Å². The predicted molar refractivity (Wildman–Crippen MR) is 64.5 cm³/mol. The van der Waals surface area contributed by atoms with Gasteiger partial charge in [-0.2, -0.15) is 0 Å². The van der Waals surface area contributed by atoms with Crippen LogP contribution in [0.5, 0.6) is 0 Å². The number of Topliss-reactive ketones (excluding diaryl/α,β-unsaturated/α-hetero) is 1. The molecule has 3 rings (SSSR count). The first-order chi connectivity index (χ1) is 7.70. The monoisotopic (exact) mass is 214 g/mol. The molecule has 84 valence electrons. The SMILES string of the molecule is C[C@]12CC(=O)CC[C@H]1CCc1ccccc12. The summed E-state index contributed by atoms with van der Waals surface area (Å²) >= 11 is 0. The molecule has 0 unspecified atom stereocenters. The van der Waals surface area contributed by atoms with E-state index in [9.17, 15) is 4.79 Å². The first kappa shape index (κ1) is 10.1. The Labute approximate surface area is 96.9 Å². The molecule has 1 heteroatoms. The molecular formula is C15H18O. The number of benzene rings is 1. The second-order valence-electron chi connectivity index (χ2n) is 5.56. The molecule has 1 aromatic carbocycles. The van der Waals surface area contributed by atoms with Crippen LogP contribution in [0, 0.1) is 5.92 Å². The van der Waals surface area contributed by atoms with Gasteiger partial charge in [-0.05, 0) is 36.3 Å². The maximum absolute atomic E-state index is 11.7. The summed E-state index contributed by atoms with van der Waals surface area (Å²) in [6.45, 7) is 2.30. The van der Waals surface area contributed by atoms with Gasteiger partial charge in [0.2, 0.25) is 0 Å². The van der Waals surface area contributed by atoms with Gasteiger partial charge in [-0.15, -0.1) is 0 Å². The van der Waals surface area contributed by atoms with E-state index in [1.807, 2.05) is 0 Å². The van der Waals surface area contributed by atoms with Crippen LogP contribution in [0.4, 0.5) is 0 Å². The van der Waals surface area contributed by atoms with Crippen LogP contribution in [-0.2, 0) is 16.6 Å². The molecule has 2 atom stereocenters. The lowest BCUT2D eigenvalue weighted by Crippen LogP contribution is -2.42. The highest BCUT2D eigenvalue weighted by atomic mass is 16.1. The number of hydrogen-bond acceptors (Lipinski definition) is 1. The van der Waals surface area contributed by atoms with Crippen LogP contribution in [0.2, 0.25) is 0 Å². The molecule has 2 aliphatic rings. The summed E-state index contributed by atoms with van der Waals surface area (Å²) < 4.78 is 0. The van der Waals surface area contributed by atoms with Gasteiger partial charge in [0.1, 0.15) is 5.78 Å². The molecule has 1 fully saturated rings. The zero-order valence-corrected chi connectivity index (χ0v) is 9.83. The van der Waals surface area contributed by atoms with Crippen LogP contribution in [0.15, 0.2) is 24.3 Å². The largest absolute Gasteiger partial charge is 0.300 e. The maximum Gasteiger partial charge on any atom is 0.133 e. The molecule has 0 bridgehead atoms. The fourth-order valence-corrected chi connectivity index (χ4v) is 3.70. The third-order valence-electron chi connectivity index (χ3n) is 4.63. The molecule has 0 heterocycles. The minimum absolute atomic E-state index is 0.129.